The van der Waals surface area contributed by atoms with E-state index in [9.17, 15) is 0 Å². The second-order valence-corrected chi connectivity index (χ2v) is 26.3. The first-order valence-corrected chi connectivity index (χ1v) is 23.7. The normalized spacial score (nSPS) is 22.6. The average molecular weight is 592 g/mol. The number of fused-ring (bicyclic) bond motifs is 8. The van der Waals surface area contributed by atoms with Crippen LogP contribution >= 0.6 is 0 Å². The van der Waals surface area contributed by atoms with Crippen LogP contribution in [-0.4, -0.2) is 8.07 Å². The van der Waals surface area contributed by atoms with E-state index in [0.29, 0.717) is 32.9 Å². The first-order chi connectivity index (χ1) is 18.6. The molecule has 0 saturated heterocycles. The third-order valence-corrected chi connectivity index (χ3v) is 20.4. The average Bonchev–Trinajstić information content (AvgIpc) is 3.41. The Morgan fingerprint density at radius 2 is 0.950 bits per heavy atom. The van der Waals surface area contributed by atoms with E-state index in [1.165, 1.54) is 12.8 Å². The summed E-state index contributed by atoms with van der Waals surface area (Å²) in [6, 6.07) is 10.6. The molecule has 5 rings (SSSR count). The predicted octanol–water partition coefficient (Wildman–Crippen LogP) is 12.4. The molecule has 2 unspecified atom stereocenters. The van der Waals surface area contributed by atoms with Gasteiger partial charge in [0, 0.05) is 0 Å². The van der Waals surface area contributed by atoms with Gasteiger partial charge in [-0.1, -0.05) is 0 Å². The molecule has 0 aromatic heterocycles. The molecule has 1 aliphatic heterocycles. The van der Waals surface area contributed by atoms with Crippen LogP contribution in [0.5, 0.6) is 0 Å². The van der Waals surface area contributed by atoms with Crippen LogP contribution in [0, 0.1) is 0 Å². The Bertz CT molecular complexity index is 1320. The maximum absolute atomic E-state index is 2.81. The van der Waals surface area contributed by atoms with Crippen molar-refractivity contribution in [3.8, 4) is 0 Å². The summed E-state index contributed by atoms with van der Waals surface area (Å²) >= 11 is -2.38. The summed E-state index contributed by atoms with van der Waals surface area (Å²) in [6.07, 6.45) is 2.41. The minimum absolute atomic E-state index is 0.544. The van der Waals surface area contributed by atoms with Crippen molar-refractivity contribution in [3.63, 3.8) is 0 Å². The monoisotopic (exact) mass is 591 g/mol. The van der Waals surface area contributed by atoms with Gasteiger partial charge in [0.2, 0.25) is 0 Å². The van der Waals surface area contributed by atoms with Gasteiger partial charge in [-0.2, -0.15) is 0 Å². The number of allylic oxidation sites excluding steroid dienone is 2. The van der Waals surface area contributed by atoms with Crippen molar-refractivity contribution in [2.24, 2.45) is 0 Å². The molecule has 0 N–H and O–H groups in total. The SMILES string of the molecule is CCC1=C2c3c(C(C)C)cc(C(C)C)cc3[CH]1[V]([CH3])([CH3])[CH]1C(CC)=C(c3c(C(C)C)cc(C(C)C)cc31)[Si]2(C)C. The summed E-state index contributed by atoms with van der Waals surface area (Å²) in [5.41, 5.74) is 22.6. The summed E-state index contributed by atoms with van der Waals surface area (Å²) in [5.74, 6) is 2.21. The van der Waals surface area contributed by atoms with Gasteiger partial charge in [0.1, 0.15) is 0 Å². The van der Waals surface area contributed by atoms with E-state index in [-0.39, 0.29) is 0 Å². The summed E-state index contributed by atoms with van der Waals surface area (Å²) < 4.78 is 1.31. The molecular formula is C38H56SiV. The zero-order chi connectivity index (χ0) is 29.6. The fourth-order valence-corrected chi connectivity index (χ4v) is 20.5. The Balaban J connectivity index is 1.97. The Kier molecular flexibility index (Phi) is 7.68. The van der Waals surface area contributed by atoms with Gasteiger partial charge in [-0.25, -0.2) is 0 Å². The van der Waals surface area contributed by atoms with E-state index in [1.807, 2.05) is 21.5 Å². The van der Waals surface area contributed by atoms with Crippen molar-refractivity contribution in [1.29, 1.82) is 0 Å². The molecule has 2 aromatic rings. The molecule has 4 bridgehead atoms. The molecule has 2 aromatic carbocycles. The first-order valence-electron chi connectivity index (χ1n) is 16.3. The molecule has 40 heavy (non-hydrogen) atoms. The fourth-order valence-electron chi connectivity index (χ4n) is 8.94. The molecule has 2 heteroatoms. The summed E-state index contributed by atoms with van der Waals surface area (Å²) in [4.78, 5) is 0. The standard InChI is InChI=1S/C36H50Si.2CH3.V/c1-13-25-15-29-17-27(21(3)4)19-31(23(7)8)33(29)35(25)37(11,12)36-26(14-2)16-30-18-28(22(5)6)20-32(24(9)10)34(30)36;;;/h15-24H,13-14H2,1-12H3;2*1H3;. The maximum atomic E-state index is 2.81. The van der Waals surface area contributed by atoms with Crippen LogP contribution in [0.2, 0.25) is 24.4 Å². The van der Waals surface area contributed by atoms with E-state index < -0.39 is 22.1 Å². The Labute approximate surface area is 250 Å². The topological polar surface area (TPSA) is 0 Å². The molecule has 3 aliphatic rings. The third kappa shape index (κ3) is 4.11. The zero-order valence-electron chi connectivity index (χ0n) is 28.1. The van der Waals surface area contributed by atoms with Crippen LogP contribution in [0.4, 0.5) is 0 Å². The van der Waals surface area contributed by atoms with Gasteiger partial charge >= 0.3 is 252 Å². The molecule has 0 fully saturated rings. The van der Waals surface area contributed by atoms with Crippen molar-refractivity contribution in [3.05, 3.63) is 79.9 Å². The number of hydrogen-bond donors (Lipinski definition) is 0. The second-order valence-electron chi connectivity index (χ2n) is 15.3. The van der Waals surface area contributed by atoms with E-state index in [1.54, 1.807) is 44.5 Å². The predicted molar refractivity (Wildman–Crippen MR) is 178 cm³/mol. The number of rotatable bonds is 6. The molecule has 1 heterocycles. The van der Waals surface area contributed by atoms with Crippen LogP contribution in [0.25, 0.3) is 10.4 Å². The van der Waals surface area contributed by atoms with Gasteiger partial charge in [0.05, 0.1) is 0 Å². The molecule has 0 amide bonds. The van der Waals surface area contributed by atoms with Crippen molar-refractivity contribution in [2.75, 3.05) is 0 Å². The summed E-state index contributed by atoms with van der Waals surface area (Å²) in [6.45, 7) is 29.8. The fraction of sp³-hybridized carbons (Fsp3) is 0.579. The summed E-state index contributed by atoms with van der Waals surface area (Å²) in [5, 5.41) is 3.69. The van der Waals surface area contributed by atoms with Gasteiger partial charge in [-0.3, -0.25) is 0 Å². The van der Waals surface area contributed by atoms with Gasteiger partial charge < -0.3 is 0 Å². The quantitative estimate of drug-likeness (QED) is 0.293. The van der Waals surface area contributed by atoms with Crippen LogP contribution in [0.1, 0.15) is 160 Å². The van der Waals surface area contributed by atoms with Gasteiger partial charge in [-0.05, 0) is 0 Å². The van der Waals surface area contributed by atoms with Crippen molar-refractivity contribution < 1.29 is 14.0 Å². The van der Waals surface area contributed by atoms with Gasteiger partial charge in [0.25, 0.3) is 0 Å². The van der Waals surface area contributed by atoms with Crippen LogP contribution in [-0.2, 0) is 14.0 Å². The molecule has 217 valence electrons. The van der Waals surface area contributed by atoms with Gasteiger partial charge in [-0.15, -0.1) is 0 Å². The molecule has 2 aliphatic carbocycles. The molecule has 0 spiro atoms. The molecular weight excluding hydrogens is 535 g/mol. The van der Waals surface area contributed by atoms with Crippen molar-refractivity contribution >= 4 is 18.5 Å². The number of hydrogen-bond acceptors (Lipinski definition) is 0. The molecule has 0 radical (unpaired) electrons. The van der Waals surface area contributed by atoms with Crippen LogP contribution in [0.3, 0.4) is 0 Å². The van der Waals surface area contributed by atoms with Crippen molar-refractivity contribution in [2.45, 2.75) is 139 Å². The minimum atomic E-state index is -2.38. The molecule has 0 nitrogen and oxygen atoms in total. The Morgan fingerprint density at radius 1 is 0.600 bits per heavy atom. The summed E-state index contributed by atoms with van der Waals surface area (Å²) in [7, 11) is -2.04. The number of benzene rings is 2. The molecule has 2 atom stereocenters. The van der Waals surface area contributed by atoms with Crippen molar-refractivity contribution in [1.82, 2.24) is 0 Å². The first kappa shape index (κ1) is 30.2. The third-order valence-electron chi connectivity index (χ3n) is 10.8. The van der Waals surface area contributed by atoms with E-state index >= 15 is 0 Å². The van der Waals surface area contributed by atoms with E-state index in [0.717, 1.165) is 0 Å². The Morgan fingerprint density at radius 3 is 1.23 bits per heavy atom. The Hall–Kier alpha value is -1.28. The second kappa shape index (κ2) is 10.2. The van der Waals surface area contributed by atoms with Gasteiger partial charge in [0.15, 0.2) is 0 Å². The van der Waals surface area contributed by atoms with Crippen LogP contribution in [0.15, 0.2) is 35.4 Å². The molecule has 0 saturated carbocycles. The van der Waals surface area contributed by atoms with Crippen LogP contribution < -0.4 is 0 Å². The zero-order valence-corrected chi connectivity index (χ0v) is 30.5. The van der Waals surface area contributed by atoms with E-state index in [2.05, 4.69) is 118 Å². The van der Waals surface area contributed by atoms with E-state index in [4.69, 9.17) is 0 Å².